The lowest BCUT2D eigenvalue weighted by atomic mass is 9.93. The zero-order chi connectivity index (χ0) is 26.6. The Balaban J connectivity index is 1.19. The predicted octanol–water partition coefficient (Wildman–Crippen LogP) is 10.1. The van der Waals surface area contributed by atoms with E-state index in [9.17, 15) is 0 Å². The molecule has 3 aromatic heterocycles. The summed E-state index contributed by atoms with van der Waals surface area (Å²) >= 11 is 1.70. The molecular formula is C35H22N2O2S. The molecular weight excluding hydrogens is 512 g/mol. The van der Waals surface area contributed by atoms with Crippen molar-refractivity contribution in [3.8, 4) is 56.6 Å². The van der Waals surface area contributed by atoms with Gasteiger partial charge in [0.05, 0.1) is 10.4 Å². The molecule has 40 heavy (non-hydrogen) atoms. The Morgan fingerprint density at radius 2 is 1.50 bits per heavy atom. The Bertz CT molecular complexity index is 2090. The number of aryl methyl sites for hydroxylation is 1. The van der Waals surface area contributed by atoms with Gasteiger partial charge in [-0.15, -0.1) is 11.3 Å². The number of pyridine rings is 2. The van der Waals surface area contributed by atoms with E-state index in [1.165, 1.54) is 10.1 Å². The Hall–Kier alpha value is -5.00. The van der Waals surface area contributed by atoms with Crippen LogP contribution < -0.4 is 9.47 Å². The van der Waals surface area contributed by atoms with Gasteiger partial charge < -0.3 is 9.47 Å². The topological polar surface area (TPSA) is 44.2 Å². The van der Waals surface area contributed by atoms with Crippen LogP contribution in [0.5, 0.6) is 23.0 Å². The summed E-state index contributed by atoms with van der Waals surface area (Å²) in [6, 6.07) is 33.1. The standard InChI is InChI=1S/C35H22N2O2S/c1-21-17-25(32-34-29(12-15-36-32)28-9-3-5-22-6-4-10-30(39-34)31(22)28)20-27(18-21)38-26-8-2-7-24(19-26)33-35-23(11-14-37-33)13-16-40-35/h2-20H,1H3. The highest BCUT2D eigenvalue weighted by Gasteiger charge is 2.24. The van der Waals surface area contributed by atoms with Gasteiger partial charge in [0.25, 0.3) is 0 Å². The molecule has 0 saturated carbocycles. The normalized spacial score (nSPS) is 11.8. The van der Waals surface area contributed by atoms with E-state index in [1.54, 1.807) is 11.3 Å². The Morgan fingerprint density at radius 1 is 0.675 bits per heavy atom. The van der Waals surface area contributed by atoms with E-state index in [2.05, 4.69) is 59.8 Å². The number of thiophene rings is 1. The molecule has 0 amide bonds. The third-order valence-corrected chi connectivity index (χ3v) is 8.25. The summed E-state index contributed by atoms with van der Waals surface area (Å²) in [5.74, 6) is 3.11. The first-order valence-electron chi connectivity index (χ1n) is 13.1. The van der Waals surface area contributed by atoms with Gasteiger partial charge in [-0.2, -0.15) is 0 Å². The maximum absolute atomic E-state index is 6.52. The van der Waals surface area contributed by atoms with Gasteiger partial charge in [-0.05, 0) is 88.8 Å². The minimum absolute atomic E-state index is 0.743. The van der Waals surface area contributed by atoms with Gasteiger partial charge in [-0.1, -0.05) is 42.5 Å². The van der Waals surface area contributed by atoms with Crippen LogP contribution in [0, 0.1) is 6.92 Å². The molecule has 0 fully saturated rings. The highest BCUT2D eigenvalue weighted by atomic mass is 32.1. The van der Waals surface area contributed by atoms with Gasteiger partial charge in [0.15, 0.2) is 5.75 Å². The maximum atomic E-state index is 6.52. The predicted molar refractivity (Wildman–Crippen MR) is 163 cm³/mol. The van der Waals surface area contributed by atoms with Crippen LogP contribution >= 0.6 is 11.3 Å². The maximum Gasteiger partial charge on any atom is 0.161 e. The molecule has 0 bridgehead atoms. The third-order valence-electron chi connectivity index (χ3n) is 7.31. The highest BCUT2D eigenvalue weighted by molar-refractivity contribution is 7.17. The number of benzene rings is 4. The number of hydrogen-bond acceptors (Lipinski definition) is 5. The molecule has 0 N–H and O–H groups in total. The zero-order valence-corrected chi connectivity index (χ0v) is 22.4. The highest BCUT2D eigenvalue weighted by Crippen LogP contribution is 2.49. The summed E-state index contributed by atoms with van der Waals surface area (Å²) < 4.78 is 14.1. The largest absolute Gasteiger partial charge is 0.457 e. The second-order valence-electron chi connectivity index (χ2n) is 9.96. The van der Waals surface area contributed by atoms with Crippen molar-refractivity contribution in [2.45, 2.75) is 6.92 Å². The minimum atomic E-state index is 0.743. The van der Waals surface area contributed by atoms with Crippen molar-refractivity contribution < 1.29 is 9.47 Å². The van der Waals surface area contributed by atoms with Crippen molar-refractivity contribution in [1.82, 2.24) is 9.97 Å². The van der Waals surface area contributed by atoms with E-state index >= 15 is 0 Å². The number of ether oxygens (including phenoxy) is 2. The van der Waals surface area contributed by atoms with E-state index in [-0.39, 0.29) is 0 Å². The van der Waals surface area contributed by atoms with Gasteiger partial charge in [0, 0.05) is 34.5 Å². The molecule has 4 heterocycles. The van der Waals surface area contributed by atoms with Crippen molar-refractivity contribution in [1.29, 1.82) is 0 Å². The molecule has 7 aromatic rings. The van der Waals surface area contributed by atoms with E-state index in [1.807, 2.05) is 67.0 Å². The second-order valence-corrected chi connectivity index (χ2v) is 10.9. The molecule has 4 nitrogen and oxygen atoms in total. The average molecular weight is 535 g/mol. The first kappa shape index (κ1) is 22.9. The number of rotatable bonds is 4. The first-order valence-corrected chi connectivity index (χ1v) is 14.0. The summed E-state index contributed by atoms with van der Waals surface area (Å²) in [4.78, 5) is 9.45. The molecule has 8 rings (SSSR count). The van der Waals surface area contributed by atoms with Gasteiger partial charge >= 0.3 is 0 Å². The fourth-order valence-corrected chi connectivity index (χ4v) is 6.49. The average Bonchev–Trinajstić information content (AvgIpc) is 3.46. The van der Waals surface area contributed by atoms with Crippen molar-refractivity contribution >= 4 is 32.2 Å². The quantitative estimate of drug-likeness (QED) is 0.225. The molecule has 1 aliphatic rings. The molecule has 0 atom stereocenters. The summed E-state index contributed by atoms with van der Waals surface area (Å²) in [6.45, 7) is 2.07. The smallest absolute Gasteiger partial charge is 0.161 e. The summed E-state index contributed by atoms with van der Waals surface area (Å²) in [6.07, 6.45) is 3.72. The van der Waals surface area contributed by atoms with Crippen LogP contribution in [0.2, 0.25) is 0 Å². The van der Waals surface area contributed by atoms with Crippen LogP contribution in [0.15, 0.2) is 115 Å². The van der Waals surface area contributed by atoms with E-state index in [0.717, 1.165) is 73.0 Å². The number of nitrogens with zero attached hydrogens (tertiary/aromatic N) is 2. The minimum Gasteiger partial charge on any atom is -0.457 e. The van der Waals surface area contributed by atoms with Crippen LogP contribution in [-0.2, 0) is 0 Å². The van der Waals surface area contributed by atoms with Gasteiger partial charge in [-0.25, -0.2) is 0 Å². The first-order chi connectivity index (χ1) is 19.7. The third kappa shape index (κ3) is 3.74. The zero-order valence-electron chi connectivity index (χ0n) is 21.6. The van der Waals surface area contributed by atoms with E-state index in [0.29, 0.717) is 0 Å². The number of fused-ring (bicyclic) bond motifs is 3. The van der Waals surface area contributed by atoms with Crippen LogP contribution in [0.4, 0.5) is 0 Å². The van der Waals surface area contributed by atoms with Crippen molar-refractivity contribution in [3.63, 3.8) is 0 Å². The van der Waals surface area contributed by atoms with Gasteiger partial charge in [-0.3, -0.25) is 9.97 Å². The SMILES string of the molecule is Cc1cc(Oc2cccc(-c3nccc4ccsc34)c2)cc(-c2nccc3c2Oc2cccc4cccc-3c24)c1. The van der Waals surface area contributed by atoms with Gasteiger partial charge in [0.1, 0.15) is 22.9 Å². The van der Waals surface area contributed by atoms with Crippen molar-refractivity contribution in [2.75, 3.05) is 0 Å². The number of aromatic nitrogens is 2. The molecule has 1 aliphatic heterocycles. The lowest BCUT2D eigenvalue weighted by Gasteiger charge is -2.23. The lowest BCUT2D eigenvalue weighted by molar-refractivity contribution is 0.481. The van der Waals surface area contributed by atoms with E-state index < -0.39 is 0 Å². The fraction of sp³-hybridized carbons (Fsp3) is 0.0286. The Labute approximate surface area is 235 Å². The monoisotopic (exact) mass is 534 g/mol. The molecule has 0 saturated heterocycles. The summed E-state index contributed by atoms with van der Waals surface area (Å²) in [5.41, 5.74) is 7.01. The molecule has 0 radical (unpaired) electrons. The van der Waals surface area contributed by atoms with Gasteiger partial charge in [0.2, 0.25) is 0 Å². The molecule has 190 valence electrons. The van der Waals surface area contributed by atoms with E-state index in [4.69, 9.17) is 14.5 Å². The number of hydrogen-bond donors (Lipinski definition) is 0. The fourth-order valence-electron chi connectivity index (χ4n) is 5.58. The molecule has 0 unspecified atom stereocenters. The van der Waals surface area contributed by atoms with Crippen LogP contribution in [0.1, 0.15) is 5.56 Å². The van der Waals surface area contributed by atoms with Crippen LogP contribution in [0.25, 0.3) is 54.5 Å². The van der Waals surface area contributed by atoms with Crippen molar-refractivity contribution in [2.24, 2.45) is 0 Å². The Kier molecular flexibility index (Phi) is 5.18. The molecule has 5 heteroatoms. The molecule has 0 spiro atoms. The summed E-state index contributed by atoms with van der Waals surface area (Å²) in [5, 5.41) is 5.60. The molecule has 0 aliphatic carbocycles. The van der Waals surface area contributed by atoms with Crippen LogP contribution in [0.3, 0.4) is 0 Å². The lowest BCUT2D eigenvalue weighted by Crippen LogP contribution is -2.00. The summed E-state index contributed by atoms with van der Waals surface area (Å²) in [7, 11) is 0. The van der Waals surface area contributed by atoms with Crippen molar-refractivity contribution in [3.05, 3.63) is 120 Å². The second kappa shape index (κ2) is 9.04. The Morgan fingerprint density at radius 3 is 2.45 bits per heavy atom. The molecule has 4 aromatic carbocycles. The van der Waals surface area contributed by atoms with Crippen LogP contribution in [-0.4, -0.2) is 9.97 Å².